The number of anilines is 1. The molecule has 3 rings (SSSR count). The number of allylic oxidation sites excluding steroid dienone is 9. The number of nitrogens with two attached hydrogens (primary N) is 1. The minimum atomic E-state index is -5.18. The molecule has 2 aliphatic carbocycles. The fraction of sp³-hybridized carbons (Fsp3) is 0.348. The van der Waals surface area contributed by atoms with Crippen LogP contribution < -0.4 is 10.9 Å². The van der Waals surface area contributed by atoms with Crippen molar-refractivity contribution in [2.45, 2.75) is 32.1 Å². The van der Waals surface area contributed by atoms with Crippen LogP contribution in [0.3, 0.4) is 0 Å². The Morgan fingerprint density at radius 3 is 2.30 bits per heavy atom. The number of nitrogens with zero attached hydrogens (tertiary/aromatic N) is 3. The number of rotatable bonds is 5. The Kier molecular flexibility index (Phi) is 9.65. The number of carbonyl (C=O) groups excluding carboxylic acids is 1. The van der Waals surface area contributed by atoms with E-state index in [0.717, 1.165) is 18.2 Å². The van der Waals surface area contributed by atoms with Gasteiger partial charge in [0.15, 0.2) is 10.3 Å². The zero-order valence-electron chi connectivity index (χ0n) is 19.8. The van der Waals surface area contributed by atoms with Gasteiger partial charge in [-0.25, -0.2) is 15.2 Å². The second-order valence-corrected chi connectivity index (χ2v) is 11.0. The van der Waals surface area contributed by atoms with E-state index in [9.17, 15) is 31.1 Å². The van der Waals surface area contributed by atoms with Crippen LogP contribution in [0.1, 0.15) is 19.8 Å². The third-order valence-corrected chi connectivity index (χ3v) is 8.06. The summed E-state index contributed by atoms with van der Waals surface area (Å²) in [5.74, 6) is -1.28. The van der Waals surface area contributed by atoms with Gasteiger partial charge in [0.25, 0.3) is 5.91 Å². The number of aromatic nitrogens is 2. The molecule has 3 unspecified atom stereocenters. The van der Waals surface area contributed by atoms with E-state index < -0.39 is 70.5 Å². The number of hydrogen-bond acceptors (Lipinski definition) is 4. The molecule has 1 heterocycles. The Morgan fingerprint density at radius 1 is 1.12 bits per heavy atom. The molecule has 2 aliphatic rings. The molecule has 17 heteroatoms. The third-order valence-electron chi connectivity index (χ3n) is 6.32. The molecule has 2 N–H and O–H groups in total. The van der Waals surface area contributed by atoms with Gasteiger partial charge in [0, 0.05) is 16.7 Å². The van der Waals surface area contributed by atoms with Crippen LogP contribution in [0.5, 0.6) is 0 Å². The van der Waals surface area contributed by atoms with Crippen LogP contribution in [-0.4, -0.2) is 28.5 Å². The van der Waals surface area contributed by atoms with Crippen molar-refractivity contribution in [3.8, 4) is 0 Å². The van der Waals surface area contributed by atoms with E-state index in [2.05, 4.69) is 10.2 Å². The molecule has 0 saturated heterocycles. The lowest BCUT2D eigenvalue weighted by Gasteiger charge is -2.37. The van der Waals surface area contributed by atoms with Gasteiger partial charge in [-0.15, -0.1) is 10.2 Å². The number of hydrogen-bond donors (Lipinski definition) is 1. The van der Waals surface area contributed by atoms with Gasteiger partial charge in [-0.2, -0.15) is 26.3 Å². The first-order chi connectivity index (χ1) is 18.3. The summed E-state index contributed by atoms with van der Waals surface area (Å²) in [7, 11) is 0. The quantitative estimate of drug-likeness (QED) is 0.147. The van der Waals surface area contributed by atoms with E-state index in [1.54, 1.807) is 0 Å². The molecule has 0 aliphatic heterocycles. The number of hydrazine groups is 1. The largest absolute Gasteiger partial charge is 0.398 e. The van der Waals surface area contributed by atoms with E-state index in [0.29, 0.717) is 13.0 Å². The lowest BCUT2D eigenvalue weighted by atomic mass is 9.72. The molecule has 0 aromatic carbocycles. The normalized spacial score (nSPS) is 23.4. The SMILES string of the molecule is CC1(C(F)(F)F)CC(/C(F)=C/C(C2C=C(Cl)C(Cl)=C(Cl)C2)C(F)(F)F)=CC=C1C(=O)N(N)c1cc(Cl)nnc1Cl. The summed E-state index contributed by atoms with van der Waals surface area (Å²) in [5.41, 5.74) is -5.14. The van der Waals surface area contributed by atoms with E-state index in [1.807, 2.05) is 0 Å². The molecule has 0 radical (unpaired) electrons. The predicted molar refractivity (Wildman–Crippen MR) is 138 cm³/mol. The van der Waals surface area contributed by atoms with Crippen molar-refractivity contribution in [3.63, 3.8) is 0 Å². The third kappa shape index (κ3) is 6.63. The second kappa shape index (κ2) is 11.8. The highest BCUT2D eigenvalue weighted by Crippen LogP contribution is 2.52. The lowest BCUT2D eigenvalue weighted by Crippen LogP contribution is -2.48. The van der Waals surface area contributed by atoms with Gasteiger partial charge in [0.05, 0.1) is 21.4 Å². The van der Waals surface area contributed by atoms with E-state index >= 15 is 4.39 Å². The van der Waals surface area contributed by atoms with E-state index in [4.69, 9.17) is 63.8 Å². The van der Waals surface area contributed by atoms with Gasteiger partial charge < -0.3 is 0 Å². The Morgan fingerprint density at radius 2 is 1.75 bits per heavy atom. The molecular weight excluding hydrogens is 659 g/mol. The maximum Gasteiger partial charge on any atom is 0.398 e. The van der Waals surface area contributed by atoms with Crippen LogP contribution in [0.15, 0.2) is 62.4 Å². The number of carbonyl (C=O) groups is 1. The maximum atomic E-state index is 15.3. The second-order valence-electron chi connectivity index (χ2n) is 8.98. The molecule has 1 aromatic heterocycles. The summed E-state index contributed by atoms with van der Waals surface area (Å²) in [6.45, 7) is 0.585. The van der Waals surface area contributed by atoms with Gasteiger partial charge in [-0.05, 0) is 37.3 Å². The number of halogens is 12. The van der Waals surface area contributed by atoms with Gasteiger partial charge in [0.2, 0.25) is 0 Å². The molecular formula is C23H16Cl5F7N4O. The van der Waals surface area contributed by atoms with Crippen molar-refractivity contribution in [2.75, 3.05) is 5.01 Å². The minimum Gasteiger partial charge on any atom is -0.268 e. The monoisotopic (exact) mass is 672 g/mol. The first-order valence-corrected chi connectivity index (χ1v) is 12.8. The van der Waals surface area contributed by atoms with Crippen molar-refractivity contribution in [3.05, 3.63) is 72.7 Å². The van der Waals surface area contributed by atoms with Crippen LogP contribution in [0, 0.1) is 17.3 Å². The van der Waals surface area contributed by atoms with Crippen LogP contribution in [0.4, 0.5) is 36.4 Å². The Labute approximate surface area is 247 Å². The Balaban J connectivity index is 2.05. The summed E-state index contributed by atoms with van der Waals surface area (Å²) in [6.07, 6.45) is -9.38. The van der Waals surface area contributed by atoms with Gasteiger partial charge in [-0.3, -0.25) is 4.79 Å². The molecule has 5 nitrogen and oxygen atoms in total. The minimum absolute atomic E-state index is 0.150. The van der Waals surface area contributed by atoms with Crippen LogP contribution in [0.25, 0.3) is 0 Å². The highest BCUT2D eigenvalue weighted by molar-refractivity contribution is 6.48. The highest BCUT2D eigenvalue weighted by Gasteiger charge is 2.57. The smallest absolute Gasteiger partial charge is 0.268 e. The van der Waals surface area contributed by atoms with Crippen molar-refractivity contribution in [1.29, 1.82) is 0 Å². The topological polar surface area (TPSA) is 72.1 Å². The molecule has 3 atom stereocenters. The molecule has 0 fully saturated rings. The van der Waals surface area contributed by atoms with Crippen LogP contribution >= 0.6 is 58.0 Å². The fourth-order valence-electron chi connectivity index (χ4n) is 4.08. The first-order valence-electron chi connectivity index (χ1n) is 10.9. The summed E-state index contributed by atoms with van der Waals surface area (Å²) >= 11 is 29.1. The standard InChI is InChI=1S/C23H16Cl5F7N4O/c1-21(23(33,34)35)8-9(2-3-11(21)20(40)39(36)16-7-17(26)37-38-19(16)28)15(29)6-12(22(30,31)32)10-4-13(24)18(27)14(25)5-10/h2-4,6-7,10,12H,5,8,36H2,1H3/b15-6-. The Bertz CT molecular complexity index is 1370. The van der Waals surface area contributed by atoms with E-state index in [1.165, 1.54) is 0 Å². The number of alkyl halides is 6. The zero-order valence-corrected chi connectivity index (χ0v) is 23.6. The molecule has 0 spiro atoms. The van der Waals surface area contributed by atoms with Gasteiger partial charge in [-0.1, -0.05) is 76.2 Å². The lowest BCUT2D eigenvalue weighted by molar-refractivity contribution is -0.204. The highest BCUT2D eigenvalue weighted by atomic mass is 35.5. The van der Waals surface area contributed by atoms with Crippen molar-refractivity contribution >= 4 is 69.6 Å². The van der Waals surface area contributed by atoms with Gasteiger partial charge in [0.1, 0.15) is 11.5 Å². The average Bonchev–Trinajstić information content (AvgIpc) is 2.84. The summed E-state index contributed by atoms with van der Waals surface area (Å²) in [6, 6.07) is 0.977. The molecule has 1 aromatic rings. The summed E-state index contributed by atoms with van der Waals surface area (Å²) < 4.78 is 100. The van der Waals surface area contributed by atoms with Gasteiger partial charge >= 0.3 is 12.4 Å². The first kappa shape index (κ1) is 32.7. The maximum absolute atomic E-state index is 15.3. The van der Waals surface area contributed by atoms with Crippen molar-refractivity contribution < 1.29 is 35.5 Å². The summed E-state index contributed by atoms with van der Waals surface area (Å²) in [4.78, 5) is 13.1. The van der Waals surface area contributed by atoms with Crippen molar-refractivity contribution in [2.24, 2.45) is 23.1 Å². The molecule has 40 heavy (non-hydrogen) atoms. The fourth-order valence-corrected chi connectivity index (χ4v) is 5.15. The zero-order chi connectivity index (χ0) is 30.4. The molecule has 0 saturated carbocycles. The van der Waals surface area contributed by atoms with Crippen molar-refractivity contribution in [1.82, 2.24) is 10.2 Å². The average molecular weight is 675 g/mol. The molecule has 1 amide bonds. The van der Waals surface area contributed by atoms with E-state index in [-0.39, 0.29) is 37.0 Å². The van der Waals surface area contributed by atoms with Crippen LogP contribution in [0.2, 0.25) is 10.3 Å². The predicted octanol–water partition coefficient (Wildman–Crippen LogP) is 8.68. The molecule has 0 bridgehead atoms. The summed E-state index contributed by atoms with van der Waals surface area (Å²) in [5, 5.41) is 5.72. The van der Waals surface area contributed by atoms with Crippen LogP contribution in [-0.2, 0) is 4.79 Å². The molecule has 218 valence electrons. The number of amides is 1. The Hall–Kier alpha value is -1.83.